The van der Waals surface area contributed by atoms with Crippen LogP contribution in [0.1, 0.15) is 37.3 Å². The summed E-state index contributed by atoms with van der Waals surface area (Å²) < 4.78 is 5.63. The van der Waals surface area contributed by atoms with Crippen molar-refractivity contribution in [2.75, 3.05) is 19.7 Å². The van der Waals surface area contributed by atoms with Crippen LogP contribution < -0.4 is 15.8 Å². The number of hydrogen-bond acceptors (Lipinski definition) is 3. The lowest BCUT2D eigenvalue weighted by Crippen LogP contribution is -2.22. The van der Waals surface area contributed by atoms with Crippen molar-refractivity contribution < 1.29 is 4.74 Å². The molecule has 3 heteroatoms. The summed E-state index contributed by atoms with van der Waals surface area (Å²) in [6, 6.07) is 6.94. The first-order valence-electron chi connectivity index (χ1n) is 7.46. The zero-order chi connectivity index (χ0) is 13.5. The molecule has 1 aromatic rings. The van der Waals surface area contributed by atoms with Gasteiger partial charge in [-0.2, -0.15) is 0 Å². The molecule has 1 heterocycles. The molecule has 0 aromatic heterocycles. The molecule has 0 saturated heterocycles. The maximum absolute atomic E-state index is 5.72. The summed E-state index contributed by atoms with van der Waals surface area (Å²) in [4.78, 5) is 0. The van der Waals surface area contributed by atoms with Gasteiger partial charge < -0.3 is 15.8 Å². The van der Waals surface area contributed by atoms with Gasteiger partial charge in [-0.1, -0.05) is 12.1 Å². The lowest BCUT2D eigenvalue weighted by atomic mass is 10.0. The highest BCUT2D eigenvalue weighted by Crippen LogP contribution is 2.25. The van der Waals surface area contributed by atoms with Crippen LogP contribution in [0, 0.1) is 0 Å². The number of fused-ring (bicyclic) bond motifs is 1. The van der Waals surface area contributed by atoms with Crippen LogP contribution in [-0.2, 0) is 12.8 Å². The van der Waals surface area contributed by atoms with Gasteiger partial charge in [0.25, 0.3) is 0 Å². The maximum atomic E-state index is 5.72. The molecule has 1 unspecified atom stereocenters. The molecule has 0 fully saturated rings. The van der Waals surface area contributed by atoms with Crippen molar-refractivity contribution >= 4 is 0 Å². The molecule has 1 atom stereocenters. The lowest BCUT2D eigenvalue weighted by molar-refractivity contribution is 0.288. The van der Waals surface area contributed by atoms with E-state index in [0.29, 0.717) is 6.04 Å². The second-order valence-corrected chi connectivity index (χ2v) is 5.51. The van der Waals surface area contributed by atoms with Gasteiger partial charge in [-0.15, -0.1) is 0 Å². The molecular formula is C16H26N2O. The molecule has 106 valence electrons. The van der Waals surface area contributed by atoms with Crippen molar-refractivity contribution in [3.8, 4) is 5.75 Å². The van der Waals surface area contributed by atoms with Crippen molar-refractivity contribution in [3.63, 3.8) is 0 Å². The third-order valence-electron chi connectivity index (χ3n) is 3.58. The van der Waals surface area contributed by atoms with Crippen LogP contribution in [0.4, 0.5) is 0 Å². The molecule has 1 aliphatic heterocycles. The largest absolute Gasteiger partial charge is 0.493 e. The van der Waals surface area contributed by atoms with Gasteiger partial charge in [-0.25, -0.2) is 0 Å². The Labute approximate surface area is 116 Å². The molecule has 19 heavy (non-hydrogen) atoms. The summed E-state index contributed by atoms with van der Waals surface area (Å²) >= 11 is 0. The predicted molar refractivity (Wildman–Crippen MR) is 79.7 cm³/mol. The highest BCUT2D eigenvalue weighted by atomic mass is 16.5. The van der Waals surface area contributed by atoms with Crippen LogP contribution in [0.3, 0.4) is 0 Å². The van der Waals surface area contributed by atoms with Crippen LogP contribution in [0.25, 0.3) is 0 Å². The number of aryl methyl sites for hydroxylation is 1. The van der Waals surface area contributed by atoms with E-state index in [4.69, 9.17) is 10.5 Å². The molecule has 0 saturated carbocycles. The minimum Gasteiger partial charge on any atom is -0.493 e. The summed E-state index contributed by atoms with van der Waals surface area (Å²) in [6.45, 7) is 5.04. The fourth-order valence-electron chi connectivity index (χ4n) is 2.48. The van der Waals surface area contributed by atoms with E-state index in [1.807, 2.05) is 0 Å². The first kappa shape index (κ1) is 14.4. The second-order valence-electron chi connectivity index (χ2n) is 5.51. The van der Waals surface area contributed by atoms with Crippen molar-refractivity contribution in [1.29, 1.82) is 0 Å². The Morgan fingerprint density at radius 1 is 1.37 bits per heavy atom. The van der Waals surface area contributed by atoms with Crippen molar-refractivity contribution in [2.45, 2.75) is 45.1 Å². The Hall–Kier alpha value is -1.06. The lowest BCUT2D eigenvalue weighted by Gasteiger charge is -2.18. The molecule has 1 aromatic carbocycles. The Kier molecular flexibility index (Phi) is 5.67. The highest BCUT2D eigenvalue weighted by Gasteiger charge is 2.10. The molecule has 2 rings (SSSR count). The molecule has 3 nitrogen and oxygen atoms in total. The van der Waals surface area contributed by atoms with Crippen LogP contribution in [-0.4, -0.2) is 25.7 Å². The van der Waals surface area contributed by atoms with Gasteiger partial charge in [0, 0.05) is 6.04 Å². The van der Waals surface area contributed by atoms with E-state index in [1.54, 1.807) is 0 Å². The minimum absolute atomic E-state index is 0.322. The first-order chi connectivity index (χ1) is 9.25. The van der Waals surface area contributed by atoms with Crippen molar-refractivity contribution in [2.24, 2.45) is 5.73 Å². The van der Waals surface area contributed by atoms with E-state index in [0.717, 1.165) is 57.6 Å². The second kappa shape index (κ2) is 7.51. The zero-order valence-corrected chi connectivity index (χ0v) is 12.0. The minimum atomic E-state index is 0.322. The van der Waals surface area contributed by atoms with E-state index in [1.165, 1.54) is 11.1 Å². The summed E-state index contributed by atoms with van der Waals surface area (Å²) in [7, 11) is 0. The average molecular weight is 262 g/mol. The third kappa shape index (κ3) is 4.84. The Morgan fingerprint density at radius 3 is 3.11 bits per heavy atom. The maximum Gasteiger partial charge on any atom is 0.122 e. The fraction of sp³-hybridized carbons (Fsp3) is 0.625. The quantitative estimate of drug-likeness (QED) is 0.741. The number of hydrogen-bond donors (Lipinski definition) is 2. The van der Waals surface area contributed by atoms with E-state index >= 15 is 0 Å². The Balaban J connectivity index is 1.68. The van der Waals surface area contributed by atoms with Crippen LogP contribution in [0.15, 0.2) is 18.2 Å². The van der Waals surface area contributed by atoms with Crippen LogP contribution in [0.5, 0.6) is 5.75 Å². The Bertz CT molecular complexity index is 390. The molecule has 0 bridgehead atoms. The average Bonchev–Trinajstić information content (AvgIpc) is 2.42. The van der Waals surface area contributed by atoms with E-state index < -0.39 is 0 Å². The molecule has 0 radical (unpaired) electrons. The summed E-state index contributed by atoms with van der Waals surface area (Å²) in [5.41, 5.74) is 8.51. The van der Waals surface area contributed by atoms with Gasteiger partial charge in [0.2, 0.25) is 0 Å². The summed E-state index contributed by atoms with van der Waals surface area (Å²) in [5.74, 6) is 1.08. The number of benzene rings is 1. The first-order valence-corrected chi connectivity index (χ1v) is 7.46. The topological polar surface area (TPSA) is 47.3 Å². The molecule has 3 N–H and O–H groups in total. The standard InChI is InChI=1S/C16H26N2O/c1-13(17)4-2-9-18-10-8-14-6-7-16-15(12-14)5-3-11-19-16/h6-7,12-13,18H,2-5,8-11,17H2,1H3. The summed E-state index contributed by atoms with van der Waals surface area (Å²) in [5, 5.41) is 3.48. The van der Waals surface area contributed by atoms with Gasteiger partial charge >= 0.3 is 0 Å². The number of nitrogens with two attached hydrogens (primary N) is 1. The van der Waals surface area contributed by atoms with Crippen molar-refractivity contribution in [1.82, 2.24) is 5.32 Å². The van der Waals surface area contributed by atoms with Gasteiger partial charge in [0.05, 0.1) is 6.61 Å². The van der Waals surface area contributed by atoms with Gasteiger partial charge in [0.1, 0.15) is 5.75 Å². The SMILES string of the molecule is CC(N)CCCNCCc1ccc2c(c1)CCCO2. The number of nitrogens with one attached hydrogen (secondary N) is 1. The molecule has 0 aliphatic carbocycles. The van der Waals surface area contributed by atoms with E-state index in [-0.39, 0.29) is 0 Å². The predicted octanol–water partition coefficient (Wildman–Crippen LogP) is 2.27. The summed E-state index contributed by atoms with van der Waals surface area (Å²) in [6.07, 6.45) is 5.65. The monoisotopic (exact) mass is 262 g/mol. The fourth-order valence-corrected chi connectivity index (χ4v) is 2.48. The highest BCUT2D eigenvalue weighted by molar-refractivity contribution is 5.38. The number of ether oxygens (including phenoxy) is 1. The van der Waals surface area contributed by atoms with Crippen LogP contribution >= 0.6 is 0 Å². The van der Waals surface area contributed by atoms with E-state index in [2.05, 4.69) is 30.4 Å². The van der Waals surface area contributed by atoms with Gasteiger partial charge in [0.15, 0.2) is 0 Å². The molecule has 0 amide bonds. The van der Waals surface area contributed by atoms with Gasteiger partial charge in [-0.3, -0.25) is 0 Å². The van der Waals surface area contributed by atoms with E-state index in [9.17, 15) is 0 Å². The molecule has 1 aliphatic rings. The third-order valence-corrected chi connectivity index (χ3v) is 3.58. The van der Waals surface area contributed by atoms with Crippen molar-refractivity contribution in [3.05, 3.63) is 29.3 Å². The van der Waals surface area contributed by atoms with Crippen LogP contribution in [0.2, 0.25) is 0 Å². The molecule has 0 spiro atoms. The zero-order valence-electron chi connectivity index (χ0n) is 12.0. The van der Waals surface area contributed by atoms with Gasteiger partial charge in [-0.05, 0) is 69.3 Å². The Morgan fingerprint density at radius 2 is 2.26 bits per heavy atom. The number of rotatable bonds is 7. The normalized spacial score (nSPS) is 15.7. The smallest absolute Gasteiger partial charge is 0.122 e. The molecular weight excluding hydrogens is 236 g/mol.